The molecule has 2 aliphatic rings. The number of fused-ring (bicyclic) bond motifs is 1. The van der Waals surface area contributed by atoms with Crippen LogP contribution in [0.15, 0.2) is 18.2 Å². The Morgan fingerprint density at radius 1 is 1.23 bits per heavy atom. The van der Waals surface area contributed by atoms with Crippen LogP contribution in [0.2, 0.25) is 0 Å². The van der Waals surface area contributed by atoms with Crippen LogP contribution in [0.25, 0.3) is 0 Å². The molecule has 1 fully saturated rings. The van der Waals surface area contributed by atoms with Crippen LogP contribution in [0.5, 0.6) is 11.5 Å². The van der Waals surface area contributed by atoms with Crippen LogP contribution >= 0.6 is 0 Å². The molecule has 1 saturated heterocycles. The number of benzene rings is 1. The Hall–Kier alpha value is -2.80. The van der Waals surface area contributed by atoms with Gasteiger partial charge >= 0.3 is 5.97 Å². The van der Waals surface area contributed by atoms with Gasteiger partial charge in [0.1, 0.15) is 23.8 Å². The molecule has 2 heterocycles. The third-order valence-electron chi connectivity index (χ3n) is 5.99. The molecule has 1 aromatic heterocycles. The second kappa shape index (κ2) is 8.52. The van der Waals surface area contributed by atoms with Gasteiger partial charge in [0.2, 0.25) is 0 Å². The molecule has 0 amide bonds. The highest BCUT2D eigenvalue weighted by molar-refractivity contribution is 6.03. The predicted molar refractivity (Wildman–Crippen MR) is 110 cm³/mol. The molecule has 0 radical (unpaired) electrons. The predicted octanol–water partition coefficient (Wildman–Crippen LogP) is 3.59. The first kappa shape index (κ1) is 20.5. The summed E-state index contributed by atoms with van der Waals surface area (Å²) in [7, 11) is 3.22. The van der Waals surface area contributed by atoms with Gasteiger partial charge in [-0.2, -0.15) is 0 Å². The molecule has 7 heteroatoms. The molecule has 0 bridgehead atoms. The first-order chi connectivity index (χ1) is 14.5. The summed E-state index contributed by atoms with van der Waals surface area (Å²) >= 11 is 0. The van der Waals surface area contributed by atoms with Gasteiger partial charge in [0, 0.05) is 35.8 Å². The number of carbonyl (C=O) groups is 2. The number of rotatable bonds is 6. The molecule has 160 valence electrons. The fourth-order valence-corrected chi connectivity index (χ4v) is 4.43. The summed E-state index contributed by atoms with van der Waals surface area (Å²) in [6, 6.07) is 5.59. The van der Waals surface area contributed by atoms with E-state index in [2.05, 4.69) is 4.98 Å². The number of nitrogens with one attached hydrogen (secondary N) is 1. The highest BCUT2D eigenvalue weighted by atomic mass is 16.6. The van der Waals surface area contributed by atoms with Gasteiger partial charge in [-0.3, -0.25) is 4.79 Å². The normalized spacial score (nSPS) is 20.7. The average Bonchev–Trinajstić information content (AvgIpc) is 3.39. The molecule has 2 atom stereocenters. The third kappa shape index (κ3) is 3.81. The van der Waals surface area contributed by atoms with Crippen molar-refractivity contribution in [2.24, 2.45) is 0 Å². The number of aromatic nitrogens is 1. The largest absolute Gasteiger partial charge is 0.497 e. The molecule has 1 aliphatic carbocycles. The van der Waals surface area contributed by atoms with Gasteiger partial charge in [-0.1, -0.05) is 0 Å². The highest BCUT2D eigenvalue weighted by Gasteiger charge is 2.33. The van der Waals surface area contributed by atoms with Crippen molar-refractivity contribution in [3.8, 4) is 11.5 Å². The van der Waals surface area contributed by atoms with E-state index in [4.69, 9.17) is 18.9 Å². The molecule has 0 spiro atoms. The van der Waals surface area contributed by atoms with Gasteiger partial charge in [0.25, 0.3) is 0 Å². The van der Waals surface area contributed by atoms with E-state index in [0.29, 0.717) is 42.0 Å². The Kier molecular flexibility index (Phi) is 5.81. The standard InChI is InChI=1S/C23H27NO6/c1-13-21-18(24-22(13)23(26)30-12-16-5-4-8-29-16)9-14(10-19(21)25)17-11-15(27-2)6-7-20(17)28-3/h6-7,11,14,16,24H,4-5,8-10,12H2,1-3H3/t14-,16+/m1/s1. The summed E-state index contributed by atoms with van der Waals surface area (Å²) in [5, 5.41) is 0. The monoisotopic (exact) mass is 413 g/mol. The van der Waals surface area contributed by atoms with Crippen molar-refractivity contribution in [1.29, 1.82) is 0 Å². The van der Waals surface area contributed by atoms with E-state index in [1.807, 2.05) is 18.2 Å². The summed E-state index contributed by atoms with van der Waals surface area (Å²) in [4.78, 5) is 28.8. The molecular weight excluding hydrogens is 386 g/mol. The molecule has 2 aromatic rings. The maximum atomic E-state index is 13.0. The molecular formula is C23H27NO6. The van der Waals surface area contributed by atoms with Crippen molar-refractivity contribution in [3.63, 3.8) is 0 Å². The Bertz CT molecular complexity index is 957. The number of ether oxygens (including phenoxy) is 4. The molecule has 7 nitrogen and oxygen atoms in total. The number of hydrogen-bond acceptors (Lipinski definition) is 6. The van der Waals surface area contributed by atoms with Gasteiger partial charge in [0.15, 0.2) is 5.78 Å². The zero-order valence-electron chi connectivity index (χ0n) is 17.6. The van der Waals surface area contributed by atoms with Crippen LogP contribution in [-0.2, 0) is 15.9 Å². The van der Waals surface area contributed by atoms with Gasteiger partial charge in [-0.05, 0) is 49.9 Å². The molecule has 1 N–H and O–H groups in total. The SMILES string of the molecule is COc1ccc(OC)c([C@H]2CC(=O)c3c([nH]c(C(=O)OC[C@@H]4CCCO4)c3C)C2)c1. The van der Waals surface area contributed by atoms with Crippen LogP contribution in [0, 0.1) is 6.92 Å². The number of hydrogen-bond donors (Lipinski definition) is 1. The first-order valence-electron chi connectivity index (χ1n) is 10.3. The zero-order valence-corrected chi connectivity index (χ0v) is 17.6. The van der Waals surface area contributed by atoms with E-state index in [-0.39, 0.29) is 24.4 Å². The van der Waals surface area contributed by atoms with E-state index in [9.17, 15) is 9.59 Å². The highest BCUT2D eigenvalue weighted by Crippen LogP contribution is 2.40. The second-order valence-electron chi connectivity index (χ2n) is 7.85. The quantitative estimate of drug-likeness (QED) is 0.729. The van der Waals surface area contributed by atoms with Crippen LogP contribution in [0.3, 0.4) is 0 Å². The van der Waals surface area contributed by atoms with Crippen molar-refractivity contribution in [2.45, 2.75) is 44.6 Å². The topological polar surface area (TPSA) is 86.9 Å². The Balaban J connectivity index is 1.57. The fourth-order valence-electron chi connectivity index (χ4n) is 4.43. The van der Waals surface area contributed by atoms with Crippen LogP contribution in [-0.4, -0.2) is 50.3 Å². The lowest BCUT2D eigenvalue weighted by molar-refractivity contribution is 0.0156. The van der Waals surface area contributed by atoms with Gasteiger partial charge in [0.05, 0.1) is 20.3 Å². The molecule has 4 rings (SSSR count). The van der Waals surface area contributed by atoms with Crippen LogP contribution < -0.4 is 9.47 Å². The third-order valence-corrected chi connectivity index (χ3v) is 5.99. The number of esters is 1. The van der Waals surface area contributed by atoms with Gasteiger partial charge in [-0.15, -0.1) is 0 Å². The summed E-state index contributed by atoms with van der Waals surface area (Å²) in [6.45, 7) is 2.74. The summed E-state index contributed by atoms with van der Waals surface area (Å²) in [5.74, 6) is 0.934. The number of ketones is 1. The van der Waals surface area contributed by atoms with Crippen molar-refractivity contribution < 1.29 is 28.5 Å². The fraction of sp³-hybridized carbons (Fsp3) is 0.478. The maximum Gasteiger partial charge on any atom is 0.355 e. The summed E-state index contributed by atoms with van der Waals surface area (Å²) in [5.41, 5.74) is 3.30. The number of aromatic amines is 1. The van der Waals surface area contributed by atoms with E-state index in [0.717, 1.165) is 29.8 Å². The lowest BCUT2D eigenvalue weighted by Crippen LogP contribution is -2.19. The minimum Gasteiger partial charge on any atom is -0.497 e. The smallest absolute Gasteiger partial charge is 0.355 e. The average molecular weight is 413 g/mol. The molecule has 1 aliphatic heterocycles. The number of H-pyrrole nitrogens is 1. The molecule has 0 saturated carbocycles. The second-order valence-corrected chi connectivity index (χ2v) is 7.85. The minimum atomic E-state index is -0.444. The summed E-state index contributed by atoms with van der Waals surface area (Å²) in [6.07, 6.45) is 2.80. The lowest BCUT2D eigenvalue weighted by Gasteiger charge is -2.24. The summed E-state index contributed by atoms with van der Waals surface area (Å²) < 4.78 is 21.8. The van der Waals surface area contributed by atoms with E-state index >= 15 is 0 Å². The molecule has 1 aromatic carbocycles. The Morgan fingerprint density at radius 3 is 2.77 bits per heavy atom. The zero-order chi connectivity index (χ0) is 21.3. The van der Waals surface area contributed by atoms with Crippen LogP contribution in [0.1, 0.15) is 62.8 Å². The maximum absolute atomic E-state index is 13.0. The van der Waals surface area contributed by atoms with Gasteiger partial charge in [-0.25, -0.2) is 4.79 Å². The van der Waals surface area contributed by atoms with Crippen molar-refractivity contribution in [2.75, 3.05) is 27.4 Å². The van der Waals surface area contributed by atoms with E-state index in [1.165, 1.54) is 0 Å². The van der Waals surface area contributed by atoms with Crippen LogP contribution in [0.4, 0.5) is 0 Å². The number of methoxy groups -OCH3 is 2. The number of carbonyl (C=O) groups excluding carboxylic acids is 2. The molecule has 0 unspecified atom stereocenters. The van der Waals surface area contributed by atoms with E-state index in [1.54, 1.807) is 21.1 Å². The number of Topliss-reactive ketones (excluding diaryl/α,β-unsaturated/α-hetero) is 1. The minimum absolute atomic E-state index is 0.0121. The van der Waals surface area contributed by atoms with Crippen molar-refractivity contribution >= 4 is 11.8 Å². The van der Waals surface area contributed by atoms with E-state index < -0.39 is 5.97 Å². The van der Waals surface area contributed by atoms with Crippen molar-refractivity contribution in [3.05, 3.63) is 46.3 Å². The van der Waals surface area contributed by atoms with Gasteiger partial charge < -0.3 is 23.9 Å². The Labute approximate surface area is 175 Å². The molecule has 30 heavy (non-hydrogen) atoms. The first-order valence-corrected chi connectivity index (χ1v) is 10.3. The Morgan fingerprint density at radius 2 is 2.07 bits per heavy atom. The van der Waals surface area contributed by atoms with Crippen molar-refractivity contribution in [1.82, 2.24) is 4.98 Å². The lowest BCUT2D eigenvalue weighted by atomic mass is 9.81.